The van der Waals surface area contributed by atoms with Crippen molar-refractivity contribution in [2.24, 2.45) is 7.05 Å². The largest absolute Gasteiger partial charge is 0.314 e. The molecule has 1 aromatic heterocycles. The molecular weight excluding hydrogens is 270 g/mol. The molecule has 110 valence electrons. The van der Waals surface area contributed by atoms with Crippen molar-refractivity contribution in [3.63, 3.8) is 0 Å². The highest BCUT2D eigenvalue weighted by Gasteiger charge is 2.29. The Labute approximate surface area is 122 Å². The first-order valence-corrected chi connectivity index (χ1v) is 6.70. The van der Waals surface area contributed by atoms with Gasteiger partial charge in [-0.05, 0) is 0 Å². The van der Waals surface area contributed by atoms with Crippen molar-refractivity contribution >= 4 is 11.5 Å². The van der Waals surface area contributed by atoms with Crippen LogP contribution in [0.5, 0.6) is 0 Å². The van der Waals surface area contributed by atoms with Crippen LogP contribution in [-0.4, -0.2) is 20.5 Å². The molecule has 0 aliphatic carbocycles. The topological polar surface area (TPSA) is 78.0 Å². The van der Waals surface area contributed by atoms with Gasteiger partial charge in [0, 0.05) is 18.5 Å². The number of carbonyl (C=O) groups is 1. The molecule has 0 saturated carbocycles. The molecule has 0 spiro atoms. The monoisotopic (exact) mass is 287 g/mol. The van der Waals surface area contributed by atoms with E-state index < -0.39 is 4.92 Å². The van der Waals surface area contributed by atoms with E-state index in [9.17, 15) is 14.9 Å². The Bertz CT molecular complexity index is 675. The molecule has 6 heteroatoms. The van der Waals surface area contributed by atoms with Crippen LogP contribution in [0.25, 0.3) is 0 Å². The zero-order chi connectivity index (χ0) is 15.6. The molecule has 1 aromatic carbocycles. The van der Waals surface area contributed by atoms with E-state index in [1.54, 1.807) is 31.3 Å². The number of nitro groups is 1. The Hall–Kier alpha value is -2.50. The standard InChI is InChI=1S/C15H17N3O3/c1-10(2)14-15(18(20)21)12(17(3)16-14)9-13(19)11-7-5-4-6-8-11/h4-8,10H,9H2,1-3H3. The van der Waals surface area contributed by atoms with Crippen molar-refractivity contribution in [3.05, 3.63) is 57.4 Å². The Morgan fingerprint density at radius 3 is 2.48 bits per heavy atom. The molecule has 0 saturated heterocycles. The fourth-order valence-electron chi connectivity index (χ4n) is 2.23. The van der Waals surface area contributed by atoms with E-state index in [0.717, 1.165) is 0 Å². The fourth-order valence-corrected chi connectivity index (χ4v) is 2.23. The van der Waals surface area contributed by atoms with E-state index in [0.29, 0.717) is 17.0 Å². The lowest BCUT2D eigenvalue weighted by Crippen LogP contribution is -2.09. The van der Waals surface area contributed by atoms with Gasteiger partial charge in [0.2, 0.25) is 0 Å². The average Bonchev–Trinajstić information content (AvgIpc) is 2.77. The summed E-state index contributed by atoms with van der Waals surface area (Å²) in [7, 11) is 1.63. The minimum atomic E-state index is -0.448. The first-order valence-electron chi connectivity index (χ1n) is 6.70. The lowest BCUT2D eigenvalue weighted by atomic mass is 10.0. The van der Waals surface area contributed by atoms with Crippen LogP contribution in [0.4, 0.5) is 5.69 Å². The zero-order valence-corrected chi connectivity index (χ0v) is 12.2. The van der Waals surface area contributed by atoms with Crippen LogP contribution < -0.4 is 0 Å². The third-order valence-electron chi connectivity index (χ3n) is 3.32. The van der Waals surface area contributed by atoms with Crippen LogP contribution >= 0.6 is 0 Å². The highest BCUT2D eigenvalue weighted by Crippen LogP contribution is 2.29. The lowest BCUT2D eigenvalue weighted by Gasteiger charge is -2.02. The second kappa shape index (κ2) is 5.87. The maximum absolute atomic E-state index is 12.3. The molecule has 0 aliphatic rings. The summed E-state index contributed by atoms with van der Waals surface area (Å²) < 4.78 is 1.44. The van der Waals surface area contributed by atoms with Gasteiger partial charge in [0.05, 0.1) is 11.3 Å². The second-order valence-electron chi connectivity index (χ2n) is 5.18. The molecule has 21 heavy (non-hydrogen) atoms. The number of hydrogen-bond donors (Lipinski definition) is 0. The first kappa shape index (κ1) is 14.9. The van der Waals surface area contributed by atoms with E-state index in [2.05, 4.69) is 5.10 Å². The number of rotatable bonds is 5. The predicted octanol–water partition coefficient (Wildman–Crippen LogP) is 2.88. The number of carbonyl (C=O) groups excluding carboxylic acids is 1. The molecule has 2 rings (SSSR count). The summed E-state index contributed by atoms with van der Waals surface area (Å²) in [5.41, 5.74) is 1.26. The van der Waals surface area contributed by atoms with E-state index in [4.69, 9.17) is 0 Å². The number of ketones is 1. The van der Waals surface area contributed by atoms with Gasteiger partial charge in [-0.15, -0.1) is 0 Å². The van der Waals surface area contributed by atoms with Crippen molar-refractivity contribution in [2.75, 3.05) is 0 Å². The summed E-state index contributed by atoms with van der Waals surface area (Å²) in [5, 5.41) is 15.5. The molecule has 1 heterocycles. The first-order chi connectivity index (χ1) is 9.91. The molecule has 0 bridgehead atoms. The van der Waals surface area contributed by atoms with Gasteiger partial charge >= 0.3 is 5.69 Å². The Morgan fingerprint density at radius 1 is 1.33 bits per heavy atom. The molecule has 0 aliphatic heterocycles. The number of nitrogens with zero attached hydrogens (tertiary/aromatic N) is 3. The molecule has 0 radical (unpaired) electrons. The van der Waals surface area contributed by atoms with Crippen LogP contribution in [-0.2, 0) is 13.5 Å². The summed E-state index contributed by atoms with van der Waals surface area (Å²) in [5.74, 6) is -0.228. The molecule has 6 nitrogen and oxygen atoms in total. The summed E-state index contributed by atoms with van der Waals surface area (Å²) in [6, 6.07) is 8.76. The second-order valence-corrected chi connectivity index (χ2v) is 5.18. The summed E-state index contributed by atoms with van der Waals surface area (Å²) in [4.78, 5) is 23.1. The van der Waals surface area contributed by atoms with Crippen molar-refractivity contribution in [1.82, 2.24) is 9.78 Å². The summed E-state index contributed by atoms with van der Waals surface area (Å²) >= 11 is 0. The lowest BCUT2D eigenvalue weighted by molar-refractivity contribution is -0.386. The van der Waals surface area contributed by atoms with Crippen LogP contribution in [0.15, 0.2) is 30.3 Å². The Balaban J connectivity index is 2.40. The van der Waals surface area contributed by atoms with Gasteiger partial charge in [0.25, 0.3) is 0 Å². The number of hydrogen-bond acceptors (Lipinski definition) is 4. The summed E-state index contributed by atoms with van der Waals surface area (Å²) in [6.07, 6.45) is -0.0312. The molecule has 0 atom stereocenters. The van der Waals surface area contributed by atoms with Crippen molar-refractivity contribution in [3.8, 4) is 0 Å². The molecule has 0 amide bonds. The van der Waals surface area contributed by atoms with Gasteiger partial charge < -0.3 is 0 Å². The van der Waals surface area contributed by atoms with Crippen LogP contribution in [0.1, 0.15) is 41.5 Å². The van der Waals surface area contributed by atoms with Gasteiger partial charge in [0.15, 0.2) is 5.78 Å². The molecule has 0 unspecified atom stereocenters. The third-order valence-corrected chi connectivity index (χ3v) is 3.32. The van der Waals surface area contributed by atoms with Crippen LogP contribution in [0.3, 0.4) is 0 Å². The van der Waals surface area contributed by atoms with E-state index >= 15 is 0 Å². The van der Waals surface area contributed by atoms with Gasteiger partial charge in [-0.1, -0.05) is 44.2 Å². The van der Waals surface area contributed by atoms with Crippen molar-refractivity contribution < 1.29 is 9.72 Å². The average molecular weight is 287 g/mol. The minimum Gasteiger partial charge on any atom is -0.294 e. The van der Waals surface area contributed by atoms with Gasteiger partial charge in [0.1, 0.15) is 11.4 Å². The molecule has 0 fully saturated rings. The molecular formula is C15H17N3O3. The SMILES string of the molecule is CC(C)c1nn(C)c(CC(=O)c2ccccc2)c1[N+](=O)[O-]. The fraction of sp³-hybridized carbons (Fsp3) is 0.333. The molecule has 0 N–H and O–H groups in total. The third kappa shape index (κ3) is 2.99. The van der Waals surface area contributed by atoms with Crippen molar-refractivity contribution in [1.29, 1.82) is 0 Å². The number of Topliss-reactive ketones (excluding diaryl/α,β-unsaturated/α-hetero) is 1. The number of aryl methyl sites for hydroxylation is 1. The molecule has 2 aromatic rings. The quantitative estimate of drug-likeness (QED) is 0.481. The maximum Gasteiger partial charge on any atom is 0.314 e. The van der Waals surface area contributed by atoms with E-state index in [1.165, 1.54) is 4.68 Å². The van der Waals surface area contributed by atoms with Gasteiger partial charge in [-0.2, -0.15) is 5.10 Å². The zero-order valence-electron chi connectivity index (χ0n) is 12.2. The minimum absolute atomic E-state index is 0.0312. The number of aromatic nitrogens is 2. The highest BCUT2D eigenvalue weighted by atomic mass is 16.6. The maximum atomic E-state index is 12.3. The van der Waals surface area contributed by atoms with Gasteiger partial charge in [-0.3, -0.25) is 19.6 Å². The Kier molecular flexibility index (Phi) is 4.16. The van der Waals surface area contributed by atoms with E-state index in [1.807, 2.05) is 19.9 Å². The normalized spacial score (nSPS) is 10.9. The Morgan fingerprint density at radius 2 is 1.95 bits per heavy atom. The van der Waals surface area contributed by atoms with Gasteiger partial charge in [-0.25, -0.2) is 0 Å². The van der Waals surface area contributed by atoms with E-state index in [-0.39, 0.29) is 23.8 Å². The van der Waals surface area contributed by atoms with Crippen LogP contribution in [0, 0.1) is 10.1 Å². The summed E-state index contributed by atoms with van der Waals surface area (Å²) in [6.45, 7) is 3.69. The predicted molar refractivity (Wildman–Crippen MR) is 78.4 cm³/mol. The smallest absolute Gasteiger partial charge is 0.294 e. The highest BCUT2D eigenvalue weighted by molar-refractivity contribution is 5.97. The van der Waals surface area contributed by atoms with Crippen LogP contribution in [0.2, 0.25) is 0 Å². The number of benzene rings is 1. The van der Waals surface area contributed by atoms with Crippen molar-refractivity contribution in [2.45, 2.75) is 26.2 Å².